The van der Waals surface area contributed by atoms with Gasteiger partial charge >= 0.3 is 7.12 Å². The Kier molecular flexibility index (Phi) is 5.97. The van der Waals surface area contributed by atoms with Gasteiger partial charge in [-0.05, 0) is 78.0 Å². The highest BCUT2D eigenvalue weighted by atomic mass is 35.5. The van der Waals surface area contributed by atoms with E-state index in [2.05, 4.69) is 0 Å². The highest BCUT2D eigenvalue weighted by Gasteiger charge is 2.52. The minimum absolute atomic E-state index is 0.220. The van der Waals surface area contributed by atoms with Crippen LogP contribution < -0.4 is 5.46 Å². The van der Waals surface area contributed by atoms with Crippen molar-refractivity contribution in [1.82, 2.24) is 0 Å². The lowest BCUT2D eigenvalue weighted by atomic mass is 9.72. The molecule has 0 unspecified atom stereocenters. The van der Waals surface area contributed by atoms with E-state index in [4.69, 9.17) is 30.4 Å². The van der Waals surface area contributed by atoms with Gasteiger partial charge in [0.1, 0.15) is 6.79 Å². The van der Waals surface area contributed by atoms with Gasteiger partial charge in [0.2, 0.25) is 0 Å². The van der Waals surface area contributed by atoms with Crippen LogP contribution in [0, 0.1) is 6.92 Å². The fraction of sp³-hybridized carbons (Fsp3) is 0.684. The zero-order valence-corrected chi connectivity index (χ0v) is 17.4. The Bertz CT molecular complexity index is 612. The van der Waals surface area contributed by atoms with E-state index in [1.807, 2.05) is 67.5 Å². The predicted octanol–water partition coefficient (Wildman–Crippen LogP) is 4.19. The number of rotatable bonds is 6. The first-order chi connectivity index (χ1) is 11.4. The predicted molar refractivity (Wildman–Crippen MR) is 103 cm³/mol. The molecule has 0 amide bonds. The monoisotopic (exact) mass is 368 g/mol. The Balaban J connectivity index is 2.43. The number of halogens is 1. The summed E-state index contributed by atoms with van der Waals surface area (Å²) in [6.07, 6.45) is 0. The SMILES string of the molecule is CCOCOC(C)(C)c1cc(Cl)c(C)cc1B1OC(C)(C)C(C)(C)O1. The number of hydrogen-bond acceptors (Lipinski definition) is 4. The van der Waals surface area contributed by atoms with E-state index >= 15 is 0 Å². The maximum absolute atomic E-state index is 6.40. The Morgan fingerprint density at radius 2 is 1.68 bits per heavy atom. The molecule has 0 saturated carbocycles. The van der Waals surface area contributed by atoms with E-state index in [0.29, 0.717) is 11.6 Å². The van der Waals surface area contributed by atoms with Gasteiger partial charge < -0.3 is 18.8 Å². The van der Waals surface area contributed by atoms with E-state index in [-0.39, 0.29) is 6.79 Å². The van der Waals surface area contributed by atoms with Gasteiger partial charge in [-0.1, -0.05) is 17.7 Å². The normalized spacial score (nSPS) is 19.5. The average molecular weight is 369 g/mol. The van der Waals surface area contributed by atoms with Gasteiger partial charge in [0.25, 0.3) is 0 Å². The Hall–Kier alpha value is -0.585. The number of ether oxygens (including phenoxy) is 2. The minimum atomic E-state index is -0.592. The smallest absolute Gasteiger partial charge is 0.399 e. The van der Waals surface area contributed by atoms with Crippen LogP contribution in [0.4, 0.5) is 0 Å². The van der Waals surface area contributed by atoms with Crippen LogP contribution in [0.3, 0.4) is 0 Å². The molecule has 1 fully saturated rings. The van der Waals surface area contributed by atoms with Crippen LogP contribution in [0.1, 0.15) is 59.6 Å². The first-order valence-electron chi connectivity index (χ1n) is 8.79. The molecule has 0 spiro atoms. The summed E-state index contributed by atoms with van der Waals surface area (Å²) in [6.45, 7) is 16.9. The van der Waals surface area contributed by atoms with Crippen molar-refractivity contribution in [2.24, 2.45) is 0 Å². The van der Waals surface area contributed by atoms with Crippen LogP contribution in [0.2, 0.25) is 5.02 Å². The van der Waals surface area contributed by atoms with Gasteiger partial charge in [0.05, 0.1) is 16.8 Å². The zero-order valence-electron chi connectivity index (χ0n) is 16.7. The van der Waals surface area contributed by atoms with E-state index < -0.39 is 23.9 Å². The fourth-order valence-electron chi connectivity index (χ4n) is 2.74. The molecule has 0 bridgehead atoms. The molecule has 0 atom stereocenters. The molecular formula is C19H30BClO4. The third-order valence-corrected chi connectivity index (χ3v) is 5.60. The minimum Gasteiger partial charge on any atom is -0.399 e. The second kappa shape index (κ2) is 7.20. The summed E-state index contributed by atoms with van der Waals surface area (Å²) < 4.78 is 23.8. The molecule has 1 aliphatic heterocycles. The lowest BCUT2D eigenvalue weighted by Gasteiger charge is -2.32. The average Bonchev–Trinajstić information content (AvgIpc) is 2.70. The van der Waals surface area contributed by atoms with Crippen molar-refractivity contribution in [1.29, 1.82) is 0 Å². The maximum Gasteiger partial charge on any atom is 0.495 e. The zero-order chi connectivity index (χ0) is 19.0. The van der Waals surface area contributed by atoms with Gasteiger partial charge in [-0.3, -0.25) is 0 Å². The second-order valence-corrected chi connectivity index (χ2v) is 8.45. The Morgan fingerprint density at radius 3 is 2.20 bits per heavy atom. The lowest BCUT2D eigenvalue weighted by Crippen LogP contribution is -2.41. The molecule has 1 saturated heterocycles. The molecule has 0 aromatic heterocycles. The van der Waals surface area contributed by atoms with E-state index in [9.17, 15) is 0 Å². The molecule has 6 heteroatoms. The fourth-order valence-corrected chi connectivity index (χ4v) is 2.90. The standard InChI is InChI=1S/C19H30BClO4/c1-9-22-12-23-17(3,4)14-11-16(21)13(2)10-15(14)20-24-18(5,6)19(7,8)25-20/h10-11H,9,12H2,1-8H3. The van der Waals surface area contributed by atoms with Gasteiger partial charge in [-0.2, -0.15) is 0 Å². The van der Waals surface area contributed by atoms with Crippen LogP contribution in [0.25, 0.3) is 0 Å². The topological polar surface area (TPSA) is 36.9 Å². The molecule has 140 valence electrons. The molecular weight excluding hydrogens is 338 g/mol. The van der Waals surface area contributed by atoms with Crippen molar-refractivity contribution in [2.45, 2.75) is 72.2 Å². The van der Waals surface area contributed by atoms with Gasteiger partial charge in [0, 0.05) is 11.6 Å². The number of benzene rings is 1. The summed E-state index contributed by atoms with van der Waals surface area (Å²) in [7, 11) is -0.467. The first-order valence-corrected chi connectivity index (χ1v) is 9.17. The van der Waals surface area contributed by atoms with E-state index in [1.165, 1.54) is 0 Å². The summed E-state index contributed by atoms with van der Waals surface area (Å²) in [5, 5.41) is 0.698. The highest BCUT2D eigenvalue weighted by molar-refractivity contribution is 6.62. The van der Waals surface area contributed by atoms with E-state index in [0.717, 1.165) is 16.6 Å². The molecule has 4 nitrogen and oxygen atoms in total. The summed E-state index contributed by atoms with van der Waals surface area (Å²) >= 11 is 6.40. The molecule has 25 heavy (non-hydrogen) atoms. The lowest BCUT2D eigenvalue weighted by molar-refractivity contribution is -0.128. The van der Waals surface area contributed by atoms with Crippen LogP contribution in [0.5, 0.6) is 0 Å². The van der Waals surface area contributed by atoms with Crippen molar-refractivity contribution >= 4 is 24.2 Å². The van der Waals surface area contributed by atoms with Crippen LogP contribution in [-0.4, -0.2) is 31.7 Å². The Morgan fingerprint density at radius 1 is 1.12 bits per heavy atom. The third kappa shape index (κ3) is 4.22. The molecule has 1 aliphatic rings. The third-order valence-electron chi connectivity index (χ3n) is 5.19. The Labute approximate surface area is 157 Å². The summed E-state index contributed by atoms with van der Waals surface area (Å²) in [4.78, 5) is 0. The highest BCUT2D eigenvalue weighted by Crippen LogP contribution is 2.38. The van der Waals surface area contributed by atoms with Crippen molar-refractivity contribution in [3.8, 4) is 0 Å². The summed E-state index contributed by atoms with van der Waals surface area (Å²) in [5.41, 5.74) is 1.47. The maximum atomic E-state index is 6.40. The molecule has 1 aromatic rings. The van der Waals surface area contributed by atoms with Gasteiger partial charge in [0.15, 0.2) is 0 Å². The summed E-state index contributed by atoms with van der Waals surface area (Å²) in [6, 6.07) is 3.98. The second-order valence-electron chi connectivity index (χ2n) is 8.04. The van der Waals surface area contributed by atoms with Gasteiger partial charge in [-0.15, -0.1) is 0 Å². The van der Waals surface area contributed by atoms with Crippen molar-refractivity contribution in [3.63, 3.8) is 0 Å². The van der Waals surface area contributed by atoms with Crippen LogP contribution in [-0.2, 0) is 24.4 Å². The molecule has 1 heterocycles. The molecule has 0 N–H and O–H groups in total. The van der Waals surface area contributed by atoms with Crippen LogP contribution in [0.15, 0.2) is 12.1 Å². The number of aryl methyl sites for hydroxylation is 1. The molecule has 1 aromatic carbocycles. The first kappa shape index (κ1) is 20.7. The van der Waals surface area contributed by atoms with E-state index in [1.54, 1.807) is 0 Å². The molecule has 0 radical (unpaired) electrons. The largest absolute Gasteiger partial charge is 0.495 e. The molecule has 0 aliphatic carbocycles. The summed E-state index contributed by atoms with van der Waals surface area (Å²) in [5.74, 6) is 0. The molecule has 2 rings (SSSR count). The quantitative estimate of drug-likeness (QED) is 0.428. The number of hydrogen-bond donors (Lipinski definition) is 0. The van der Waals surface area contributed by atoms with Crippen molar-refractivity contribution in [2.75, 3.05) is 13.4 Å². The van der Waals surface area contributed by atoms with Crippen molar-refractivity contribution < 1.29 is 18.8 Å². The van der Waals surface area contributed by atoms with Crippen molar-refractivity contribution in [3.05, 3.63) is 28.3 Å². The van der Waals surface area contributed by atoms with Crippen LogP contribution >= 0.6 is 11.6 Å². The van der Waals surface area contributed by atoms with Gasteiger partial charge in [-0.25, -0.2) is 0 Å².